The Morgan fingerprint density at radius 3 is 2.85 bits per heavy atom. The smallest absolute Gasteiger partial charge is 0.252 e. The monoisotopic (exact) mass is 410 g/mol. The molecule has 1 saturated heterocycles. The highest BCUT2D eigenvalue weighted by molar-refractivity contribution is 14.1. The Hall–Kier alpha value is -0.530. The number of piperidine rings is 1. The highest BCUT2D eigenvalue weighted by Crippen LogP contribution is 2.20. The highest BCUT2D eigenvalue weighted by atomic mass is 127. The molecule has 2 atom stereocenters. The minimum Gasteiger partial charge on any atom is -0.497 e. The van der Waals surface area contributed by atoms with Crippen molar-refractivity contribution in [1.29, 1.82) is 0 Å². The molecule has 1 heterocycles. The van der Waals surface area contributed by atoms with Crippen molar-refractivity contribution in [2.45, 2.75) is 19.4 Å². The van der Waals surface area contributed by atoms with Gasteiger partial charge >= 0.3 is 0 Å². The number of benzene rings is 1. The van der Waals surface area contributed by atoms with Crippen LogP contribution in [-0.4, -0.2) is 32.1 Å². The molecule has 4 nitrogen and oxygen atoms in total. The molecule has 1 aliphatic heterocycles. The maximum atomic E-state index is 12.3. The van der Waals surface area contributed by atoms with Crippen LogP contribution in [-0.2, 0) is 0 Å². The fourth-order valence-corrected chi connectivity index (χ4v) is 3.01. The summed E-state index contributed by atoms with van der Waals surface area (Å²) in [5, 5.41) is 6.47. The molecule has 0 radical (unpaired) electrons. The van der Waals surface area contributed by atoms with E-state index in [2.05, 4.69) is 40.1 Å². The summed E-state index contributed by atoms with van der Waals surface area (Å²) in [6, 6.07) is 5.78. The standard InChI is InChI=1S/C14H19IN2O2.ClH/c1-9-8-16-6-5-13(9)17-14(18)11-4-3-10(19-2)7-12(11)15;/h3-4,7,9,13,16H,5-6,8H2,1-2H3,(H,17,18);1H. The van der Waals surface area contributed by atoms with Gasteiger partial charge in [0.05, 0.1) is 12.7 Å². The fourth-order valence-electron chi connectivity index (χ4n) is 2.28. The molecule has 112 valence electrons. The number of halogens is 2. The lowest BCUT2D eigenvalue weighted by Crippen LogP contribution is -2.48. The van der Waals surface area contributed by atoms with Crippen molar-refractivity contribution in [2.75, 3.05) is 20.2 Å². The van der Waals surface area contributed by atoms with E-state index in [1.807, 2.05) is 18.2 Å². The SMILES string of the molecule is COc1ccc(C(=O)NC2CCNCC2C)c(I)c1.Cl. The summed E-state index contributed by atoms with van der Waals surface area (Å²) in [5.41, 5.74) is 0.715. The summed E-state index contributed by atoms with van der Waals surface area (Å²) >= 11 is 2.17. The van der Waals surface area contributed by atoms with Gasteiger partial charge < -0.3 is 15.4 Å². The van der Waals surface area contributed by atoms with Gasteiger partial charge in [-0.25, -0.2) is 0 Å². The van der Waals surface area contributed by atoms with E-state index in [0.29, 0.717) is 11.5 Å². The third-order valence-electron chi connectivity index (χ3n) is 3.52. The van der Waals surface area contributed by atoms with Crippen LogP contribution in [0, 0.1) is 9.49 Å². The highest BCUT2D eigenvalue weighted by Gasteiger charge is 2.23. The van der Waals surface area contributed by atoms with Gasteiger partial charge in [-0.2, -0.15) is 0 Å². The largest absolute Gasteiger partial charge is 0.497 e. The van der Waals surface area contributed by atoms with Gasteiger partial charge in [-0.15, -0.1) is 12.4 Å². The van der Waals surface area contributed by atoms with Gasteiger partial charge in [0.15, 0.2) is 0 Å². The van der Waals surface area contributed by atoms with Gasteiger partial charge in [0, 0.05) is 9.61 Å². The van der Waals surface area contributed by atoms with Crippen LogP contribution >= 0.6 is 35.0 Å². The summed E-state index contributed by atoms with van der Waals surface area (Å²) in [6.45, 7) is 4.09. The average Bonchev–Trinajstić information content (AvgIpc) is 2.41. The summed E-state index contributed by atoms with van der Waals surface area (Å²) in [4.78, 5) is 12.3. The normalized spacial score (nSPS) is 21.8. The van der Waals surface area contributed by atoms with Crippen LogP contribution in [0.3, 0.4) is 0 Å². The zero-order chi connectivity index (χ0) is 13.8. The molecule has 1 aromatic rings. The number of rotatable bonds is 3. The molecule has 20 heavy (non-hydrogen) atoms. The molecule has 0 aliphatic carbocycles. The first-order chi connectivity index (χ1) is 9.11. The molecule has 2 N–H and O–H groups in total. The molecule has 0 aromatic heterocycles. The van der Waals surface area contributed by atoms with Crippen LogP contribution in [0.1, 0.15) is 23.7 Å². The van der Waals surface area contributed by atoms with Crippen LogP contribution in [0.25, 0.3) is 0 Å². The predicted molar refractivity (Wildman–Crippen MR) is 90.9 cm³/mol. The van der Waals surface area contributed by atoms with E-state index in [1.54, 1.807) is 7.11 Å². The second-order valence-corrected chi connectivity index (χ2v) is 6.06. The van der Waals surface area contributed by atoms with Gasteiger partial charge in [-0.1, -0.05) is 6.92 Å². The summed E-state index contributed by atoms with van der Waals surface area (Å²) in [5.74, 6) is 1.25. The van der Waals surface area contributed by atoms with Crippen molar-refractivity contribution in [3.63, 3.8) is 0 Å². The maximum Gasteiger partial charge on any atom is 0.252 e. The molecular formula is C14H20ClIN2O2. The summed E-state index contributed by atoms with van der Waals surface area (Å²) in [7, 11) is 1.63. The van der Waals surface area contributed by atoms with Crippen molar-refractivity contribution < 1.29 is 9.53 Å². The Labute approximate surface area is 139 Å². The molecule has 1 aliphatic rings. The number of nitrogens with one attached hydrogen (secondary N) is 2. The van der Waals surface area contributed by atoms with Crippen LogP contribution in [0.5, 0.6) is 5.75 Å². The van der Waals surface area contributed by atoms with E-state index in [1.165, 1.54) is 0 Å². The second kappa shape index (κ2) is 8.05. The topological polar surface area (TPSA) is 50.4 Å². The minimum absolute atomic E-state index is 0. The first kappa shape index (κ1) is 17.5. The van der Waals surface area contributed by atoms with Gasteiger partial charge in [0.25, 0.3) is 5.91 Å². The summed E-state index contributed by atoms with van der Waals surface area (Å²) < 4.78 is 6.06. The number of ether oxygens (including phenoxy) is 1. The Morgan fingerprint density at radius 2 is 2.25 bits per heavy atom. The Kier molecular flexibility index (Phi) is 7.05. The van der Waals surface area contributed by atoms with E-state index >= 15 is 0 Å². The molecule has 0 saturated carbocycles. The first-order valence-corrected chi connectivity index (χ1v) is 7.55. The van der Waals surface area contributed by atoms with Crippen LogP contribution in [0.4, 0.5) is 0 Å². The van der Waals surface area contributed by atoms with Gasteiger partial charge in [-0.3, -0.25) is 4.79 Å². The number of hydrogen-bond acceptors (Lipinski definition) is 3. The Balaban J connectivity index is 0.00000200. The van der Waals surface area contributed by atoms with Gasteiger partial charge in [-0.05, 0) is 66.2 Å². The lowest BCUT2D eigenvalue weighted by atomic mass is 9.95. The van der Waals surface area contributed by atoms with E-state index in [4.69, 9.17) is 4.74 Å². The minimum atomic E-state index is 0. The van der Waals surface area contributed by atoms with Crippen molar-refractivity contribution in [1.82, 2.24) is 10.6 Å². The quantitative estimate of drug-likeness (QED) is 0.753. The third kappa shape index (κ3) is 4.23. The Morgan fingerprint density at radius 1 is 1.50 bits per heavy atom. The van der Waals surface area contributed by atoms with Crippen molar-refractivity contribution in [3.05, 3.63) is 27.3 Å². The van der Waals surface area contributed by atoms with Gasteiger partial charge in [0.1, 0.15) is 5.75 Å². The fraction of sp³-hybridized carbons (Fsp3) is 0.500. The number of hydrogen-bond donors (Lipinski definition) is 2. The average molecular weight is 411 g/mol. The summed E-state index contributed by atoms with van der Waals surface area (Å²) in [6.07, 6.45) is 0.986. The number of methoxy groups -OCH3 is 1. The van der Waals surface area contributed by atoms with Crippen LogP contribution in [0.2, 0.25) is 0 Å². The maximum absolute atomic E-state index is 12.3. The van der Waals surface area contributed by atoms with E-state index in [0.717, 1.165) is 28.8 Å². The molecular weight excluding hydrogens is 391 g/mol. The number of carbonyl (C=O) groups is 1. The molecule has 0 spiro atoms. The lowest BCUT2D eigenvalue weighted by molar-refractivity contribution is 0.0913. The number of carbonyl (C=O) groups excluding carboxylic acids is 1. The molecule has 1 fully saturated rings. The zero-order valence-electron chi connectivity index (χ0n) is 11.6. The molecule has 0 bridgehead atoms. The lowest BCUT2D eigenvalue weighted by Gasteiger charge is -2.30. The molecule has 1 aromatic carbocycles. The van der Waals surface area contributed by atoms with E-state index < -0.39 is 0 Å². The van der Waals surface area contributed by atoms with Gasteiger partial charge in [0.2, 0.25) is 0 Å². The predicted octanol–water partition coefficient (Wildman–Crippen LogP) is 2.45. The van der Waals surface area contributed by atoms with Crippen molar-refractivity contribution in [2.24, 2.45) is 5.92 Å². The zero-order valence-corrected chi connectivity index (χ0v) is 14.6. The van der Waals surface area contributed by atoms with Crippen LogP contribution in [0.15, 0.2) is 18.2 Å². The molecule has 2 rings (SSSR count). The third-order valence-corrected chi connectivity index (χ3v) is 4.42. The van der Waals surface area contributed by atoms with Crippen LogP contribution < -0.4 is 15.4 Å². The first-order valence-electron chi connectivity index (χ1n) is 6.47. The van der Waals surface area contributed by atoms with Crippen molar-refractivity contribution in [3.8, 4) is 5.75 Å². The number of amides is 1. The van der Waals surface area contributed by atoms with E-state index in [9.17, 15) is 4.79 Å². The second-order valence-electron chi connectivity index (χ2n) is 4.90. The molecule has 1 amide bonds. The van der Waals surface area contributed by atoms with E-state index in [-0.39, 0.29) is 24.4 Å². The molecule has 2 unspecified atom stereocenters. The molecule has 6 heteroatoms. The Bertz CT molecular complexity index is 470. The van der Waals surface area contributed by atoms with Crippen molar-refractivity contribution >= 4 is 40.9 Å².